The van der Waals surface area contributed by atoms with Crippen molar-refractivity contribution in [1.82, 2.24) is 14.9 Å². The van der Waals surface area contributed by atoms with Gasteiger partial charge in [-0.1, -0.05) is 6.92 Å². The molecule has 0 unspecified atom stereocenters. The van der Waals surface area contributed by atoms with E-state index in [1.807, 2.05) is 17.8 Å². The largest absolute Gasteiger partial charge is 0.336 e. The van der Waals surface area contributed by atoms with Crippen LogP contribution in [0.25, 0.3) is 0 Å². The summed E-state index contributed by atoms with van der Waals surface area (Å²) in [6, 6.07) is 3.32. The van der Waals surface area contributed by atoms with Crippen LogP contribution in [0, 0.1) is 11.7 Å². The summed E-state index contributed by atoms with van der Waals surface area (Å²) in [5.41, 5.74) is 0.433. The number of imidazole rings is 1. The van der Waals surface area contributed by atoms with Crippen LogP contribution >= 0.6 is 0 Å². The zero-order valence-electron chi connectivity index (χ0n) is 14.8. The van der Waals surface area contributed by atoms with E-state index in [0.717, 1.165) is 18.7 Å². The molecule has 0 saturated heterocycles. The molecule has 1 atom stereocenters. The molecule has 2 aromatic rings. The molecule has 3 N–H and O–H groups in total. The van der Waals surface area contributed by atoms with E-state index in [0.29, 0.717) is 18.0 Å². The van der Waals surface area contributed by atoms with Crippen LogP contribution < -0.4 is 16.0 Å². The Balaban J connectivity index is 1.70. The first-order valence-corrected chi connectivity index (χ1v) is 8.62. The Bertz CT molecular complexity index is 816. The fourth-order valence-corrected chi connectivity index (χ4v) is 2.75. The van der Waals surface area contributed by atoms with Gasteiger partial charge in [-0.15, -0.1) is 0 Å². The van der Waals surface area contributed by atoms with Gasteiger partial charge in [0.05, 0.1) is 11.7 Å². The number of halogens is 1. The van der Waals surface area contributed by atoms with Gasteiger partial charge in [0.15, 0.2) is 0 Å². The molecule has 3 amide bonds. The molecule has 138 valence electrons. The number of nitrogens with zero attached hydrogens (tertiary/aromatic N) is 2. The number of rotatable bonds is 6. The second-order valence-corrected chi connectivity index (χ2v) is 6.41. The van der Waals surface area contributed by atoms with Crippen molar-refractivity contribution in [3.05, 3.63) is 42.2 Å². The monoisotopic (exact) mass is 359 g/mol. The van der Waals surface area contributed by atoms with E-state index in [4.69, 9.17) is 0 Å². The third-order valence-corrected chi connectivity index (χ3v) is 4.34. The summed E-state index contributed by atoms with van der Waals surface area (Å²) < 4.78 is 15.9. The average molecular weight is 359 g/mol. The molecule has 26 heavy (non-hydrogen) atoms. The first-order valence-electron chi connectivity index (χ1n) is 8.62. The molecule has 7 nitrogen and oxygen atoms in total. The van der Waals surface area contributed by atoms with Crippen LogP contribution in [-0.2, 0) is 11.8 Å². The molecule has 3 rings (SSSR count). The normalized spacial score (nSPS) is 14.6. The zero-order valence-corrected chi connectivity index (χ0v) is 14.8. The number of hydrogen-bond acceptors (Lipinski definition) is 3. The maximum absolute atomic E-state index is 14.0. The smallest absolute Gasteiger partial charge is 0.319 e. The van der Waals surface area contributed by atoms with E-state index >= 15 is 0 Å². The van der Waals surface area contributed by atoms with Crippen LogP contribution in [0.5, 0.6) is 0 Å². The quantitative estimate of drug-likeness (QED) is 0.740. The first kappa shape index (κ1) is 17.9. The molecule has 1 fully saturated rings. The Morgan fingerprint density at radius 2 is 2.12 bits per heavy atom. The third-order valence-electron chi connectivity index (χ3n) is 4.34. The van der Waals surface area contributed by atoms with Gasteiger partial charge in [0, 0.05) is 31.5 Å². The van der Waals surface area contributed by atoms with Gasteiger partial charge in [0.2, 0.25) is 5.91 Å². The number of carbonyl (C=O) groups excluding carboxylic acids is 2. The standard InChI is InChI=1S/C18H22FN5O2/c1-3-15(25)21-12-6-7-13(19)14(10-12)22-18(26)23-16(11-4-5-11)17-20-8-9-24(17)2/h6-11,16H,3-5H2,1-2H3,(H,21,25)(H2,22,23,26)/t16-/m0/s1. The molecule has 1 aliphatic carbocycles. The van der Waals surface area contributed by atoms with Crippen LogP contribution in [0.2, 0.25) is 0 Å². The highest BCUT2D eigenvalue weighted by Gasteiger charge is 2.35. The van der Waals surface area contributed by atoms with Gasteiger partial charge in [0.1, 0.15) is 11.6 Å². The maximum Gasteiger partial charge on any atom is 0.319 e. The van der Waals surface area contributed by atoms with Crippen molar-refractivity contribution in [2.24, 2.45) is 13.0 Å². The fraction of sp³-hybridized carbons (Fsp3) is 0.389. The number of carbonyl (C=O) groups is 2. The first-order chi connectivity index (χ1) is 12.5. The van der Waals surface area contributed by atoms with Crippen molar-refractivity contribution in [2.75, 3.05) is 10.6 Å². The van der Waals surface area contributed by atoms with Crippen molar-refractivity contribution >= 4 is 23.3 Å². The van der Waals surface area contributed by atoms with E-state index < -0.39 is 11.8 Å². The topological polar surface area (TPSA) is 88.1 Å². The Labute approximate surface area is 151 Å². The third kappa shape index (κ3) is 4.19. The molecule has 1 heterocycles. The van der Waals surface area contributed by atoms with E-state index in [2.05, 4.69) is 20.9 Å². The minimum absolute atomic E-state index is 0.00536. The maximum atomic E-state index is 14.0. The lowest BCUT2D eigenvalue weighted by molar-refractivity contribution is -0.115. The predicted molar refractivity (Wildman–Crippen MR) is 96.1 cm³/mol. The highest BCUT2D eigenvalue weighted by Crippen LogP contribution is 2.40. The van der Waals surface area contributed by atoms with Crippen molar-refractivity contribution in [3.63, 3.8) is 0 Å². The summed E-state index contributed by atoms with van der Waals surface area (Å²) in [6.07, 6.45) is 5.86. The Kier molecular flexibility index (Phi) is 5.20. The van der Waals surface area contributed by atoms with Gasteiger partial charge >= 0.3 is 6.03 Å². The number of urea groups is 1. The minimum atomic E-state index is -0.574. The fourth-order valence-electron chi connectivity index (χ4n) is 2.75. The summed E-state index contributed by atoms with van der Waals surface area (Å²) in [6.45, 7) is 1.72. The zero-order chi connectivity index (χ0) is 18.7. The van der Waals surface area contributed by atoms with Crippen LogP contribution in [0.1, 0.15) is 38.1 Å². The van der Waals surface area contributed by atoms with Gasteiger partial charge in [0.25, 0.3) is 0 Å². The molecule has 1 aliphatic rings. The second kappa shape index (κ2) is 7.55. The van der Waals surface area contributed by atoms with Crippen LogP contribution in [-0.4, -0.2) is 21.5 Å². The molecule has 8 heteroatoms. The lowest BCUT2D eigenvalue weighted by atomic mass is 10.1. The SMILES string of the molecule is CCC(=O)Nc1ccc(F)c(NC(=O)N[C@H](c2nccn2C)C2CC2)c1. The minimum Gasteiger partial charge on any atom is -0.336 e. The van der Waals surface area contributed by atoms with Crippen molar-refractivity contribution in [2.45, 2.75) is 32.2 Å². The van der Waals surface area contributed by atoms with Gasteiger partial charge in [-0.25, -0.2) is 14.2 Å². The molecule has 0 bridgehead atoms. The average Bonchev–Trinajstić information content (AvgIpc) is 3.37. The van der Waals surface area contributed by atoms with Crippen molar-refractivity contribution < 1.29 is 14.0 Å². The van der Waals surface area contributed by atoms with Gasteiger partial charge in [-0.2, -0.15) is 0 Å². The van der Waals surface area contributed by atoms with Crippen molar-refractivity contribution in [1.29, 1.82) is 0 Å². The molecular formula is C18H22FN5O2. The molecule has 1 saturated carbocycles. The molecule has 0 spiro atoms. The summed E-state index contributed by atoms with van der Waals surface area (Å²) in [5, 5.41) is 8.05. The predicted octanol–water partition coefficient (Wildman–Crippen LogP) is 3.18. The number of aromatic nitrogens is 2. The number of amides is 3. The van der Waals surface area contributed by atoms with E-state index in [1.165, 1.54) is 18.2 Å². The Morgan fingerprint density at radius 3 is 2.73 bits per heavy atom. The van der Waals surface area contributed by atoms with Crippen LogP contribution in [0.4, 0.5) is 20.6 Å². The van der Waals surface area contributed by atoms with Gasteiger partial charge < -0.3 is 20.5 Å². The second-order valence-electron chi connectivity index (χ2n) is 6.41. The Hall–Kier alpha value is -2.90. The summed E-state index contributed by atoms with van der Waals surface area (Å²) in [4.78, 5) is 28.2. The lowest BCUT2D eigenvalue weighted by Crippen LogP contribution is -2.35. The van der Waals surface area contributed by atoms with Gasteiger partial charge in [-0.3, -0.25) is 4.79 Å². The summed E-state index contributed by atoms with van der Waals surface area (Å²) in [5.74, 6) is 0.346. The van der Waals surface area contributed by atoms with Crippen LogP contribution in [0.15, 0.2) is 30.6 Å². The molecular weight excluding hydrogens is 337 g/mol. The van der Waals surface area contributed by atoms with Gasteiger partial charge in [-0.05, 0) is 37.0 Å². The van der Waals surface area contributed by atoms with Crippen LogP contribution in [0.3, 0.4) is 0 Å². The van der Waals surface area contributed by atoms with Crippen molar-refractivity contribution in [3.8, 4) is 0 Å². The van der Waals surface area contributed by atoms with E-state index in [9.17, 15) is 14.0 Å². The highest BCUT2D eigenvalue weighted by atomic mass is 19.1. The molecule has 0 aliphatic heterocycles. The molecule has 0 radical (unpaired) electrons. The number of benzene rings is 1. The number of anilines is 2. The number of aryl methyl sites for hydroxylation is 1. The molecule has 1 aromatic carbocycles. The number of hydrogen-bond donors (Lipinski definition) is 3. The summed E-state index contributed by atoms with van der Waals surface area (Å²) in [7, 11) is 1.87. The Morgan fingerprint density at radius 1 is 1.35 bits per heavy atom. The summed E-state index contributed by atoms with van der Waals surface area (Å²) >= 11 is 0. The van der Waals surface area contributed by atoms with E-state index in [-0.39, 0.29) is 17.6 Å². The number of nitrogens with one attached hydrogen (secondary N) is 3. The highest BCUT2D eigenvalue weighted by molar-refractivity contribution is 5.93. The lowest BCUT2D eigenvalue weighted by Gasteiger charge is -2.19. The molecule has 1 aromatic heterocycles. The van der Waals surface area contributed by atoms with E-state index in [1.54, 1.807) is 13.1 Å².